The summed E-state index contributed by atoms with van der Waals surface area (Å²) in [6.07, 6.45) is 6.18. The number of aryl methyl sites for hydroxylation is 1. The highest BCUT2D eigenvalue weighted by Crippen LogP contribution is 2.37. The number of rotatable bonds is 7. The topological polar surface area (TPSA) is 80.2 Å². The third-order valence-electron chi connectivity index (χ3n) is 5.70. The van der Waals surface area contributed by atoms with Crippen LogP contribution in [0.3, 0.4) is 0 Å². The molecule has 1 aliphatic rings. The molecule has 1 fully saturated rings. The van der Waals surface area contributed by atoms with Crippen molar-refractivity contribution in [1.29, 1.82) is 0 Å². The summed E-state index contributed by atoms with van der Waals surface area (Å²) in [6, 6.07) is 8.03. The van der Waals surface area contributed by atoms with Crippen LogP contribution in [0.15, 0.2) is 47.1 Å². The van der Waals surface area contributed by atoms with Crippen molar-refractivity contribution < 1.29 is 18.3 Å². The van der Waals surface area contributed by atoms with Gasteiger partial charge in [0.1, 0.15) is 17.4 Å². The average Bonchev–Trinajstić information content (AvgIpc) is 3.15. The van der Waals surface area contributed by atoms with Crippen LogP contribution >= 0.6 is 15.9 Å². The second kappa shape index (κ2) is 11.0. The number of amides is 2. The molecule has 3 aromatic rings. The Morgan fingerprint density at radius 1 is 1.24 bits per heavy atom. The first kappa shape index (κ1) is 24.2. The van der Waals surface area contributed by atoms with Gasteiger partial charge in [0, 0.05) is 30.4 Å². The third kappa shape index (κ3) is 5.92. The molecule has 4 rings (SSSR count). The monoisotopic (exact) mass is 533 g/mol. The van der Waals surface area contributed by atoms with Gasteiger partial charge in [-0.15, -0.1) is 0 Å². The molecule has 0 spiro atoms. The Labute approximate surface area is 205 Å². The fourth-order valence-electron chi connectivity index (χ4n) is 3.99. The van der Waals surface area contributed by atoms with Crippen molar-refractivity contribution in [3.63, 3.8) is 0 Å². The first-order valence-electron chi connectivity index (χ1n) is 11.1. The Kier molecular flexibility index (Phi) is 7.79. The zero-order valence-electron chi connectivity index (χ0n) is 18.7. The molecular formula is C24H26BrF2N5O2. The van der Waals surface area contributed by atoms with Gasteiger partial charge in [0.05, 0.1) is 28.7 Å². The van der Waals surface area contributed by atoms with Crippen molar-refractivity contribution in [1.82, 2.24) is 15.1 Å². The minimum Gasteiger partial charge on any atom is -0.493 e. The van der Waals surface area contributed by atoms with Crippen molar-refractivity contribution in [3.8, 4) is 17.0 Å². The molecular weight excluding hydrogens is 508 g/mol. The summed E-state index contributed by atoms with van der Waals surface area (Å²) in [7, 11) is 1.82. The summed E-state index contributed by atoms with van der Waals surface area (Å²) in [5, 5.41) is 12.9. The molecule has 7 nitrogen and oxygen atoms in total. The molecule has 0 aliphatic carbocycles. The first-order chi connectivity index (χ1) is 16.4. The number of carbonyl (C=O) groups is 1. The Morgan fingerprint density at radius 3 is 2.79 bits per heavy atom. The minimum atomic E-state index is -0.856. The number of anilines is 2. The summed E-state index contributed by atoms with van der Waals surface area (Å²) < 4.78 is 35.6. The van der Waals surface area contributed by atoms with Crippen LogP contribution in [-0.4, -0.2) is 35.0 Å². The van der Waals surface area contributed by atoms with E-state index in [1.807, 2.05) is 7.05 Å². The van der Waals surface area contributed by atoms with Crippen LogP contribution in [0.25, 0.3) is 11.3 Å². The summed E-state index contributed by atoms with van der Waals surface area (Å²) >= 11 is 3.53. The lowest BCUT2D eigenvalue weighted by Crippen LogP contribution is -2.35. The van der Waals surface area contributed by atoms with Crippen LogP contribution in [0.4, 0.5) is 25.0 Å². The fraction of sp³-hybridized carbons (Fsp3) is 0.333. The number of halogens is 3. The van der Waals surface area contributed by atoms with Gasteiger partial charge in [-0.3, -0.25) is 4.68 Å². The minimum absolute atomic E-state index is 0.121. The van der Waals surface area contributed by atoms with Gasteiger partial charge < -0.3 is 20.7 Å². The number of nitrogens with one attached hydrogen (secondary N) is 3. The smallest absolute Gasteiger partial charge is 0.323 e. The molecule has 2 heterocycles. The number of hydrogen-bond donors (Lipinski definition) is 3. The Hall–Kier alpha value is -2.98. The molecule has 10 heteroatoms. The number of nitrogens with zero attached hydrogens (tertiary/aromatic N) is 2. The number of hydrogen-bond acceptors (Lipinski definition) is 4. The van der Waals surface area contributed by atoms with E-state index in [1.165, 1.54) is 18.9 Å². The van der Waals surface area contributed by atoms with Crippen molar-refractivity contribution in [2.75, 3.05) is 23.8 Å². The van der Waals surface area contributed by atoms with Crippen molar-refractivity contribution >= 4 is 33.3 Å². The van der Waals surface area contributed by atoms with Gasteiger partial charge in [-0.05, 0) is 72.1 Å². The molecule has 0 saturated carbocycles. The van der Waals surface area contributed by atoms with Gasteiger partial charge in [-0.1, -0.05) is 6.42 Å². The van der Waals surface area contributed by atoms with Crippen LogP contribution in [0.1, 0.15) is 25.7 Å². The van der Waals surface area contributed by atoms with Gasteiger partial charge in [-0.25, -0.2) is 13.6 Å². The largest absolute Gasteiger partial charge is 0.493 e. The van der Waals surface area contributed by atoms with E-state index in [1.54, 1.807) is 29.1 Å². The maximum atomic E-state index is 13.9. The van der Waals surface area contributed by atoms with Crippen molar-refractivity contribution in [2.24, 2.45) is 7.05 Å². The van der Waals surface area contributed by atoms with Crippen LogP contribution in [-0.2, 0) is 7.05 Å². The number of carbonyl (C=O) groups excluding carboxylic acids is 1. The quantitative estimate of drug-likeness (QED) is 0.364. The average molecular weight is 534 g/mol. The Balaban J connectivity index is 1.51. The van der Waals surface area contributed by atoms with Crippen molar-refractivity contribution in [2.45, 2.75) is 31.7 Å². The van der Waals surface area contributed by atoms with Gasteiger partial charge in [-0.2, -0.15) is 5.10 Å². The highest BCUT2D eigenvalue weighted by atomic mass is 79.9. The second-order valence-corrected chi connectivity index (χ2v) is 9.02. The molecule has 0 bridgehead atoms. The number of benzene rings is 2. The number of ether oxygens (including phenoxy) is 1. The number of aromatic nitrogens is 2. The van der Waals surface area contributed by atoms with Gasteiger partial charge in [0.15, 0.2) is 0 Å². The van der Waals surface area contributed by atoms with Gasteiger partial charge >= 0.3 is 6.03 Å². The molecule has 1 unspecified atom stereocenters. The summed E-state index contributed by atoms with van der Waals surface area (Å²) in [6.45, 7) is 1.60. The fourth-order valence-corrected chi connectivity index (χ4v) is 4.55. The lowest BCUT2D eigenvalue weighted by molar-refractivity contribution is 0.262. The van der Waals surface area contributed by atoms with Crippen LogP contribution in [0.5, 0.6) is 5.75 Å². The van der Waals surface area contributed by atoms with E-state index in [-0.39, 0.29) is 5.69 Å². The highest BCUT2D eigenvalue weighted by Gasteiger charge is 2.18. The molecule has 1 aromatic heterocycles. The molecule has 1 atom stereocenters. The normalized spacial score (nSPS) is 15.7. The molecule has 2 aromatic carbocycles. The summed E-state index contributed by atoms with van der Waals surface area (Å²) in [5.41, 5.74) is 1.89. The van der Waals surface area contributed by atoms with E-state index < -0.39 is 17.7 Å². The zero-order chi connectivity index (χ0) is 24.1. The molecule has 1 aliphatic heterocycles. The summed E-state index contributed by atoms with van der Waals surface area (Å²) in [5.74, 6) is -0.911. The molecule has 1 saturated heterocycles. The predicted molar refractivity (Wildman–Crippen MR) is 131 cm³/mol. The van der Waals surface area contributed by atoms with Crippen LogP contribution in [0, 0.1) is 11.6 Å². The second-order valence-electron chi connectivity index (χ2n) is 8.16. The van der Waals surface area contributed by atoms with E-state index in [2.05, 4.69) is 37.0 Å². The standard InChI is InChI=1S/C24H26BrF2N5O2/c1-32-23(19(25)14-29-32)18-13-17(30-24(33)31-21-7-5-15(26)12-20(21)27)6-8-22(18)34-11-9-16-4-2-3-10-28-16/h5-8,12-14,16,28H,2-4,9-11H2,1H3,(H2,30,31,33). The molecule has 0 radical (unpaired) electrons. The number of piperidine rings is 1. The maximum absolute atomic E-state index is 13.9. The SMILES string of the molecule is Cn1ncc(Br)c1-c1cc(NC(=O)Nc2ccc(F)cc2F)ccc1OCCC1CCCCN1. The Morgan fingerprint density at radius 2 is 2.09 bits per heavy atom. The van der Waals surface area contributed by atoms with E-state index in [4.69, 9.17) is 4.74 Å². The predicted octanol–water partition coefficient (Wildman–Crippen LogP) is 5.68. The Bertz CT molecular complexity index is 1140. The van der Waals surface area contributed by atoms with Crippen LogP contribution in [0.2, 0.25) is 0 Å². The lowest BCUT2D eigenvalue weighted by atomic mass is 10.0. The first-order valence-corrected chi connectivity index (χ1v) is 11.9. The lowest BCUT2D eigenvalue weighted by Gasteiger charge is -2.23. The van der Waals surface area contributed by atoms with E-state index in [9.17, 15) is 13.6 Å². The van der Waals surface area contributed by atoms with Gasteiger partial charge in [0.25, 0.3) is 0 Å². The highest BCUT2D eigenvalue weighted by molar-refractivity contribution is 9.10. The molecule has 3 N–H and O–H groups in total. The molecule has 34 heavy (non-hydrogen) atoms. The van der Waals surface area contributed by atoms with E-state index in [0.717, 1.165) is 41.2 Å². The molecule has 180 valence electrons. The van der Waals surface area contributed by atoms with Gasteiger partial charge in [0.2, 0.25) is 0 Å². The van der Waals surface area contributed by atoms with E-state index in [0.29, 0.717) is 30.2 Å². The van der Waals surface area contributed by atoms with E-state index >= 15 is 0 Å². The van der Waals surface area contributed by atoms with Crippen molar-refractivity contribution in [3.05, 3.63) is 58.7 Å². The third-order valence-corrected chi connectivity index (χ3v) is 6.28. The zero-order valence-corrected chi connectivity index (χ0v) is 20.3. The van der Waals surface area contributed by atoms with Crippen LogP contribution < -0.4 is 20.7 Å². The maximum Gasteiger partial charge on any atom is 0.323 e. The summed E-state index contributed by atoms with van der Waals surface area (Å²) in [4.78, 5) is 12.4. The number of urea groups is 1. The molecule has 2 amide bonds.